The number of carboxylic acids is 1. The van der Waals surface area contributed by atoms with Gasteiger partial charge in [-0.1, -0.05) is 0 Å². The van der Waals surface area contributed by atoms with Gasteiger partial charge in [0.25, 0.3) is 0 Å². The van der Waals surface area contributed by atoms with Crippen molar-refractivity contribution < 1.29 is 24.2 Å². The molecule has 0 unspecified atom stereocenters. The normalized spacial score (nSPS) is 11.5. The summed E-state index contributed by atoms with van der Waals surface area (Å²) in [6, 6.07) is -1.17. The van der Waals surface area contributed by atoms with Gasteiger partial charge in [-0.05, 0) is 0 Å². The van der Waals surface area contributed by atoms with Crippen LogP contribution in [0.4, 0.5) is 0 Å². The molecule has 0 aromatic carbocycles. The lowest BCUT2D eigenvalue weighted by Crippen LogP contribution is -2.44. The number of aliphatic carboxylic acids is 1. The third-order valence-electron chi connectivity index (χ3n) is 1.23. The van der Waals surface area contributed by atoms with E-state index >= 15 is 0 Å². The first-order chi connectivity index (χ1) is 5.97. The summed E-state index contributed by atoms with van der Waals surface area (Å²) in [5.74, 6) is -2.74. The second kappa shape index (κ2) is 5.13. The highest BCUT2D eigenvalue weighted by molar-refractivity contribution is 5.86. The fraction of sp³-hybridized carbons (Fsp3) is 0.571. The SMILES string of the molecule is COC(=O)[C@H](CC(=O)[O-])NC(C)=O. The van der Waals surface area contributed by atoms with Gasteiger partial charge < -0.3 is 20.0 Å². The van der Waals surface area contributed by atoms with E-state index in [0.717, 1.165) is 7.11 Å². The van der Waals surface area contributed by atoms with Crippen molar-refractivity contribution in [1.82, 2.24) is 5.32 Å². The van der Waals surface area contributed by atoms with Crippen LogP contribution in [-0.2, 0) is 19.1 Å². The Morgan fingerprint density at radius 3 is 2.31 bits per heavy atom. The molecule has 6 heteroatoms. The lowest BCUT2D eigenvalue weighted by molar-refractivity contribution is -0.306. The van der Waals surface area contributed by atoms with Gasteiger partial charge in [-0.15, -0.1) is 0 Å². The van der Waals surface area contributed by atoms with Crippen molar-refractivity contribution in [3.05, 3.63) is 0 Å². The van der Waals surface area contributed by atoms with E-state index in [1.54, 1.807) is 0 Å². The first-order valence-corrected chi connectivity index (χ1v) is 3.52. The first-order valence-electron chi connectivity index (χ1n) is 3.52. The predicted molar refractivity (Wildman–Crippen MR) is 39.2 cm³/mol. The molecule has 1 amide bonds. The molecule has 0 aliphatic rings. The predicted octanol–water partition coefficient (Wildman–Crippen LogP) is -2.20. The van der Waals surface area contributed by atoms with Crippen molar-refractivity contribution >= 4 is 17.8 Å². The van der Waals surface area contributed by atoms with Gasteiger partial charge in [-0.3, -0.25) is 4.79 Å². The van der Waals surface area contributed by atoms with E-state index in [0.29, 0.717) is 0 Å². The van der Waals surface area contributed by atoms with Crippen LogP contribution in [0.5, 0.6) is 0 Å². The van der Waals surface area contributed by atoms with E-state index in [-0.39, 0.29) is 0 Å². The number of carbonyl (C=O) groups is 3. The van der Waals surface area contributed by atoms with E-state index in [1.165, 1.54) is 6.92 Å². The van der Waals surface area contributed by atoms with Crippen molar-refractivity contribution in [3.63, 3.8) is 0 Å². The van der Waals surface area contributed by atoms with Crippen molar-refractivity contribution in [2.45, 2.75) is 19.4 Å². The highest BCUT2D eigenvalue weighted by Gasteiger charge is 2.19. The quantitative estimate of drug-likeness (QED) is 0.505. The number of nitrogens with one attached hydrogen (secondary N) is 1. The zero-order chi connectivity index (χ0) is 10.4. The highest BCUT2D eigenvalue weighted by atomic mass is 16.5. The number of hydrogen-bond acceptors (Lipinski definition) is 5. The average Bonchev–Trinajstić information content (AvgIpc) is 2.00. The molecular weight excluding hydrogens is 178 g/mol. The molecule has 1 atom stereocenters. The summed E-state index contributed by atoms with van der Waals surface area (Å²) in [5.41, 5.74) is 0. The van der Waals surface area contributed by atoms with Crippen molar-refractivity contribution in [2.75, 3.05) is 7.11 Å². The molecule has 0 aromatic rings. The molecule has 0 radical (unpaired) electrons. The minimum atomic E-state index is -1.43. The Balaban J connectivity index is 4.26. The molecule has 0 saturated carbocycles. The molecule has 0 heterocycles. The van der Waals surface area contributed by atoms with Gasteiger partial charge in [0, 0.05) is 19.3 Å². The first kappa shape index (κ1) is 11.4. The van der Waals surface area contributed by atoms with Crippen LogP contribution in [0.1, 0.15) is 13.3 Å². The third-order valence-corrected chi connectivity index (χ3v) is 1.23. The molecule has 0 fully saturated rings. The van der Waals surface area contributed by atoms with Crippen molar-refractivity contribution in [1.29, 1.82) is 0 Å². The minimum Gasteiger partial charge on any atom is -0.550 e. The maximum absolute atomic E-state index is 10.9. The molecule has 0 aliphatic heterocycles. The fourth-order valence-corrected chi connectivity index (χ4v) is 0.748. The lowest BCUT2D eigenvalue weighted by atomic mass is 10.2. The zero-order valence-electron chi connectivity index (χ0n) is 7.33. The minimum absolute atomic E-state index is 0.503. The molecule has 1 N–H and O–H groups in total. The summed E-state index contributed by atoms with van der Waals surface area (Å²) in [4.78, 5) is 31.5. The molecule has 6 nitrogen and oxygen atoms in total. The maximum atomic E-state index is 10.9. The van der Waals surface area contributed by atoms with E-state index in [4.69, 9.17) is 0 Å². The van der Waals surface area contributed by atoms with Gasteiger partial charge >= 0.3 is 5.97 Å². The Hall–Kier alpha value is -1.59. The number of methoxy groups -OCH3 is 1. The Morgan fingerprint density at radius 1 is 1.46 bits per heavy atom. The number of hydrogen-bond donors (Lipinski definition) is 1. The van der Waals surface area contributed by atoms with Gasteiger partial charge in [-0.25, -0.2) is 4.79 Å². The lowest BCUT2D eigenvalue weighted by Gasteiger charge is -2.15. The van der Waals surface area contributed by atoms with E-state index < -0.39 is 30.3 Å². The van der Waals surface area contributed by atoms with Crippen LogP contribution >= 0.6 is 0 Å². The van der Waals surface area contributed by atoms with Crippen LogP contribution in [0.15, 0.2) is 0 Å². The van der Waals surface area contributed by atoms with Crippen LogP contribution in [0, 0.1) is 0 Å². The summed E-state index contributed by atoms with van der Waals surface area (Å²) in [5, 5.41) is 12.3. The molecule has 13 heavy (non-hydrogen) atoms. The highest BCUT2D eigenvalue weighted by Crippen LogP contribution is 1.93. The maximum Gasteiger partial charge on any atom is 0.328 e. The number of amides is 1. The summed E-state index contributed by atoms with van der Waals surface area (Å²) >= 11 is 0. The summed E-state index contributed by atoms with van der Waals surface area (Å²) in [6.07, 6.45) is -0.591. The Bertz CT molecular complexity index is 209. The number of ether oxygens (including phenoxy) is 1. The largest absolute Gasteiger partial charge is 0.550 e. The van der Waals surface area contributed by atoms with Crippen LogP contribution < -0.4 is 10.4 Å². The summed E-state index contributed by atoms with van der Waals surface area (Å²) in [6.45, 7) is 1.17. The van der Waals surface area contributed by atoms with Crippen LogP contribution in [0.3, 0.4) is 0 Å². The molecule has 74 valence electrons. The number of carboxylic acid groups (broad SMARTS) is 1. The fourth-order valence-electron chi connectivity index (χ4n) is 0.748. The van der Waals surface area contributed by atoms with Gasteiger partial charge in [-0.2, -0.15) is 0 Å². The van der Waals surface area contributed by atoms with E-state index in [2.05, 4.69) is 10.1 Å². The molecule has 0 spiro atoms. The van der Waals surface area contributed by atoms with Crippen LogP contribution in [-0.4, -0.2) is 31.0 Å². The average molecular weight is 188 g/mol. The number of esters is 1. The molecule has 0 rings (SSSR count). The molecule has 0 saturated heterocycles. The monoisotopic (exact) mass is 188 g/mol. The second-order valence-electron chi connectivity index (χ2n) is 2.35. The zero-order valence-corrected chi connectivity index (χ0v) is 7.33. The Kier molecular flexibility index (Phi) is 4.50. The van der Waals surface area contributed by atoms with E-state index in [1.807, 2.05) is 0 Å². The van der Waals surface area contributed by atoms with Crippen LogP contribution in [0.2, 0.25) is 0 Å². The summed E-state index contributed by atoms with van der Waals surface area (Å²) in [7, 11) is 1.10. The Morgan fingerprint density at radius 2 is 2.00 bits per heavy atom. The van der Waals surface area contributed by atoms with Gasteiger partial charge in [0.1, 0.15) is 6.04 Å². The summed E-state index contributed by atoms with van der Waals surface area (Å²) < 4.78 is 4.27. The van der Waals surface area contributed by atoms with Gasteiger partial charge in [0.05, 0.1) is 7.11 Å². The standard InChI is InChI=1S/C7H11NO5/c1-4(9)8-5(3-6(10)11)7(12)13-2/h5H,3H2,1-2H3,(H,8,9)(H,10,11)/p-1/t5-/m0/s1. The van der Waals surface area contributed by atoms with Gasteiger partial charge in [0.2, 0.25) is 5.91 Å². The van der Waals surface area contributed by atoms with E-state index in [9.17, 15) is 19.5 Å². The van der Waals surface area contributed by atoms with Crippen LogP contribution in [0.25, 0.3) is 0 Å². The topological polar surface area (TPSA) is 95.5 Å². The molecule has 0 bridgehead atoms. The number of rotatable bonds is 4. The molecular formula is C7H10NO5-. The number of carbonyl (C=O) groups excluding carboxylic acids is 3. The Labute approximate surface area is 74.9 Å². The molecule has 0 aromatic heterocycles. The van der Waals surface area contributed by atoms with Crippen molar-refractivity contribution in [3.8, 4) is 0 Å². The second-order valence-corrected chi connectivity index (χ2v) is 2.35. The smallest absolute Gasteiger partial charge is 0.328 e. The third kappa shape index (κ3) is 4.78. The van der Waals surface area contributed by atoms with Crippen molar-refractivity contribution in [2.24, 2.45) is 0 Å². The van der Waals surface area contributed by atoms with Gasteiger partial charge in [0.15, 0.2) is 0 Å². The molecule has 0 aliphatic carbocycles.